The molecule has 12 heteroatoms. The molecule has 0 bridgehead atoms. The Hall–Kier alpha value is -2.34. The van der Waals surface area contributed by atoms with Gasteiger partial charge in [-0.2, -0.15) is 16.8 Å². The fourth-order valence-corrected chi connectivity index (χ4v) is 4.26. The Bertz CT molecular complexity index is 938. The van der Waals surface area contributed by atoms with Crippen LogP contribution in [0.5, 0.6) is 11.5 Å². The molecule has 0 aliphatic carbocycles. The fraction of sp³-hybridized carbons (Fsp3) is 0.143. The van der Waals surface area contributed by atoms with Gasteiger partial charge in [0.15, 0.2) is 23.1 Å². The maximum atomic E-state index is 13.4. The van der Waals surface area contributed by atoms with Gasteiger partial charge in [-0.05, 0) is 24.3 Å². The second-order valence-corrected chi connectivity index (χ2v) is 8.22. The summed E-state index contributed by atoms with van der Waals surface area (Å²) in [5, 5.41) is 0. The van der Waals surface area contributed by atoms with Crippen molar-refractivity contribution in [3.8, 4) is 11.5 Å². The first-order valence-electron chi connectivity index (χ1n) is 6.72. The molecule has 0 spiro atoms. The van der Waals surface area contributed by atoms with Gasteiger partial charge in [-0.3, -0.25) is 0 Å². The van der Waals surface area contributed by atoms with Gasteiger partial charge in [0.25, 0.3) is 0 Å². The normalized spacial score (nSPS) is 12.0. The molecule has 2 aromatic carbocycles. The summed E-state index contributed by atoms with van der Waals surface area (Å²) in [7, 11) is -9.18. The Balaban J connectivity index is 2.05. The van der Waals surface area contributed by atoms with Gasteiger partial charge in [0, 0.05) is 12.1 Å². The molecule has 0 aromatic heterocycles. The molecule has 0 unspecified atom stereocenters. The van der Waals surface area contributed by atoms with Crippen molar-refractivity contribution in [1.29, 1.82) is 0 Å². The summed E-state index contributed by atoms with van der Waals surface area (Å²) in [5.41, 5.74) is 0. The highest BCUT2D eigenvalue weighted by Crippen LogP contribution is 2.21. The van der Waals surface area contributed by atoms with Gasteiger partial charge < -0.3 is 8.37 Å². The van der Waals surface area contributed by atoms with Gasteiger partial charge >= 0.3 is 20.2 Å². The minimum absolute atomic E-state index is 0.377. The minimum atomic E-state index is -4.59. The summed E-state index contributed by atoms with van der Waals surface area (Å²) in [5.74, 6) is -8.51. The Labute approximate surface area is 146 Å². The maximum Gasteiger partial charge on any atom is 0.310 e. The lowest BCUT2D eigenvalue weighted by Crippen LogP contribution is -2.24. The summed E-state index contributed by atoms with van der Waals surface area (Å²) >= 11 is 0. The second-order valence-electron chi connectivity index (χ2n) is 4.84. The van der Waals surface area contributed by atoms with Crippen molar-refractivity contribution in [2.45, 2.75) is 0 Å². The van der Waals surface area contributed by atoms with Crippen LogP contribution < -0.4 is 8.37 Å². The topological polar surface area (TPSA) is 86.7 Å². The van der Waals surface area contributed by atoms with Crippen LogP contribution in [0.25, 0.3) is 0 Å². The number of hydrogen-bond acceptors (Lipinski definition) is 6. The van der Waals surface area contributed by atoms with E-state index in [1.165, 1.54) is 0 Å². The van der Waals surface area contributed by atoms with E-state index < -0.39 is 66.5 Å². The van der Waals surface area contributed by atoms with Crippen LogP contribution in [-0.2, 0) is 20.2 Å². The van der Waals surface area contributed by atoms with Gasteiger partial charge in [-0.15, -0.1) is 0 Å². The molecular formula is C14H10F4O6S2. The largest absolute Gasteiger partial charge is 0.379 e. The standard InChI is InChI=1S/C14H10F4O6S2/c15-9-1-3-13(11(17)7-9)23-25(19,20)5-6-26(21,22)24-14-4-2-10(16)8-12(14)18/h1-4,7-8H,5-6H2. The predicted octanol–water partition coefficient (Wildman–Crippen LogP) is 2.36. The van der Waals surface area contributed by atoms with Crippen LogP contribution in [0.1, 0.15) is 0 Å². The first-order chi connectivity index (χ1) is 12.0. The molecule has 0 saturated carbocycles. The Kier molecular flexibility index (Phi) is 5.76. The summed E-state index contributed by atoms with van der Waals surface area (Å²) in [6.07, 6.45) is 0. The molecule has 0 heterocycles. The summed E-state index contributed by atoms with van der Waals surface area (Å²) in [6.45, 7) is 0. The lowest BCUT2D eigenvalue weighted by atomic mass is 10.3. The lowest BCUT2D eigenvalue weighted by molar-refractivity contribution is 0.450. The van der Waals surface area contributed by atoms with E-state index in [4.69, 9.17) is 0 Å². The second kappa shape index (κ2) is 7.50. The summed E-state index contributed by atoms with van der Waals surface area (Å²) in [4.78, 5) is 0. The number of benzene rings is 2. The van der Waals surface area contributed by atoms with Gasteiger partial charge in [-0.1, -0.05) is 0 Å². The third-order valence-electron chi connectivity index (χ3n) is 2.80. The summed E-state index contributed by atoms with van der Waals surface area (Å²) in [6, 6.07) is 3.66. The van der Waals surface area contributed by atoms with Crippen LogP contribution in [0.4, 0.5) is 17.6 Å². The van der Waals surface area contributed by atoms with Gasteiger partial charge in [0.1, 0.15) is 23.1 Å². The number of rotatable bonds is 7. The van der Waals surface area contributed by atoms with Crippen LogP contribution in [-0.4, -0.2) is 28.3 Å². The molecule has 6 nitrogen and oxygen atoms in total. The van der Waals surface area contributed by atoms with Crippen molar-refractivity contribution >= 4 is 20.2 Å². The SMILES string of the molecule is O=S(=O)(CCS(=O)(=O)Oc1ccc(F)cc1F)Oc1ccc(F)cc1F. The van der Waals surface area contributed by atoms with Crippen molar-refractivity contribution in [2.24, 2.45) is 0 Å². The van der Waals surface area contributed by atoms with E-state index in [0.717, 1.165) is 12.1 Å². The molecular weight excluding hydrogens is 404 g/mol. The van der Waals surface area contributed by atoms with E-state index in [1.807, 2.05) is 0 Å². The maximum absolute atomic E-state index is 13.4. The van der Waals surface area contributed by atoms with Crippen molar-refractivity contribution in [2.75, 3.05) is 11.5 Å². The molecule has 0 amide bonds. The first-order valence-corrected chi connectivity index (χ1v) is 9.87. The number of halogens is 4. The monoisotopic (exact) mass is 414 g/mol. The molecule has 0 atom stereocenters. The molecule has 142 valence electrons. The Morgan fingerprint density at radius 2 is 1.00 bits per heavy atom. The average molecular weight is 414 g/mol. The molecule has 0 aliphatic rings. The van der Waals surface area contributed by atoms with Crippen LogP contribution in [0.15, 0.2) is 36.4 Å². The van der Waals surface area contributed by atoms with E-state index in [0.29, 0.717) is 24.3 Å². The molecule has 2 aromatic rings. The molecule has 2 rings (SSSR count). The van der Waals surface area contributed by atoms with Gasteiger partial charge in [0.05, 0.1) is 0 Å². The molecule has 0 N–H and O–H groups in total. The Morgan fingerprint density at radius 3 is 1.31 bits per heavy atom. The zero-order chi connectivity index (χ0) is 19.5. The van der Waals surface area contributed by atoms with E-state index in [9.17, 15) is 34.4 Å². The van der Waals surface area contributed by atoms with Gasteiger partial charge in [0.2, 0.25) is 0 Å². The van der Waals surface area contributed by atoms with E-state index in [-0.39, 0.29) is 0 Å². The fourth-order valence-electron chi connectivity index (χ4n) is 1.65. The van der Waals surface area contributed by atoms with Crippen LogP contribution in [0.3, 0.4) is 0 Å². The molecule has 0 fully saturated rings. The predicted molar refractivity (Wildman–Crippen MR) is 81.5 cm³/mol. The van der Waals surface area contributed by atoms with Crippen LogP contribution in [0, 0.1) is 23.3 Å². The van der Waals surface area contributed by atoms with Crippen LogP contribution in [0.2, 0.25) is 0 Å². The summed E-state index contributed by atoms with van der Waals surface area (Å²) < 4.78 is 108. The third kappa shape index (κ3) is 5.59. The number of hydrogen-bond donors (Lipinski definition) is 0. The average Bonchev–Trinajstić information content (AvgIpc) is 2.51. The third-order valence-corrected chi connectivity index (χ3v) is 5.34. The molecule has 0 saturated heterocycles. The van der Waals surface area contributed by atoms with Crippen molar-refractivity contribution in [1.82, 2.24) is 0 Å². The smallest absolute Gasteiger partial charge is 0.310 e. The van der Waals surface area contributed by atoms with Gasteiger partial charge in [-0.25, -0.2) is 17.6 Å². The van der Waals surface area contributed by atoms with Crippen molar-refractivity contribution < 1.29 is 42.8 Å². The van der Waals surface area contributed by atoms with Crippen molar-refractivity contribution in [3.63, 3.8) is 0 Å². The highest BCUT2D eigenvalue weighted by molar-refractivity contribution is 7.90. The van der Waals surface area contributed by atoms with Crippen LogP contribution >= 0.6 is 0 Å². The molecule has 26 heavy (non-hydrogen) atoms. The van der Waals surface area contributed by atoms with Crippen molar-refractivity contribution in [3.05, 3.63) is 59.7 Å². The zero-order valence-electron chi connectivity index (χ0n) is 12.7. The highest BCUT2D eigenvalue weighted by Gasteiger charge is 2.23. The highest BCUT2D eigenvalue weighted by atomic mass is 32.2. The zero-order valence-corrected chi connectivity index (χ0v) is 14.3. The van der Waals surface area contributed by atoms with E-state index in [1.54, 1.807) is 0 Å². The molecule has 0 radical (unpaired) electrons. The van der Waals surface area contributed by atoms with E-state index >= 15 is 0 Å². The molecule has 0 aliphatic heterocycles. The Morgan fingerprint density at radius 1 is 0.654 bits per heavy atom. The first kappa shape index (κ1) is 20.0. The minimum Gasteiger partial charge on any atom is -0.379 e. The lowest BCUT2D eigenvalue weighted by Gasteiger charge is -2.09. The quantitative estimate of drug-likeness (QED) is 0.511. The van der Waals surface area contributed by atoms with E-state index in [2.05, 4.69) is 8.37 Å².